The van der Waals surface area contributed by atoms with Crippen LogP contribution < -0.4 is 10.1 Å². The number of halogens is 1. The Morgan fingerprint density at radius 2 is 2.05 bits per heavy atom. The van der Waals surface area contributed by atoms with Crippen LogP contribution in [-0.2, 0) is 0 Å². The van der Waals surface area contributed by atoms with Gasteiger partial charge in [0, 0.05) is 0 Å². The summed E-state index contributed by atoms with van der Waals surface area (Å²) < 4.78 is 6.03. The summed E-state index contributed by atoms with van der Waals surface area (Å²) in [6, 6.07) is 5.65. The molecule has 0 aliphatic carbocycles. The summed E-state index contributed by atoms with van der Waals surface area (Å²) in [6.45, 7) is 1.94. The fourth-order valence-corrected chi connectivity index (χ4v) is 2.28. The largest absolute Gasteiger partial charge is 0.496 e. The molecule has 1 N–H and O–H groups in total. The van der Waals surface area contributed by atoms with E-state index in [0.717, 1.165) is 15.8 Å². The molecule has 0 bridgehead atoms. The second-order valence-corrected chi connectivity index (χ2v) is 5.14. The van der Waals surface area contributed by atoms with E-state index in [-0.39, 0.29) is 11.7 Å². The minimum Gasteiger partial charge on any atom is -0.496 e. The van der Waals surface area contributed by atoms with Gasteiger partial charge in [0.1, 0.15) is 18.1 Å². The fraction of sp³-hybridized carbons (Fsp3) is 0.231. The summed E-state index contributed by atoms with van der Waals surface area (Å²) in [5, 5.41) is 13.6. The van der Waals surface area contributed by atoms with E-state index in [9.17, 15) is 10.1 Å². The maximum atomic E-state index is 10.5. The van der Waals surface area contributed by atoms with Crippen molar-refractivity contribution < 1.29 is 9.66 Å². The van der Waals surface area contributed by atoms with E-state index in [1.807, 2.05) is 25.1 Å². The van der Waals surface area contributed by atoms with Gasteiger partial charge in [-0.2, -0.15) is 0 Å². The lowest BCUT2D eigenvalue weighted by atomic mass is 10.1. The highest BCUT2D eigenvalue weighted by molar-refractivity contribution is 9.10. The first kappa shape index (κ1) is 15.2. The number of methoxy groups -OCH3 is 1. The molecule has 0 spiro atoms. The van der Waals surface area contributed by atoms with Gasteiger partial charge in [0.2, 0.25) is 5.95 Å². The van der Waals surface area contributed by atoms with E-state index in [2.05, 4.69) is 31.2 Å². The molecule has 1 atom stereocenters. The monoisotopic (exact) mass is 352 g/mol. The summed E-state index contributed by atoms with van der Waals surface area (Å²) in [5.41, 5.74) is 0.866. The zero-order valence-electron chi connectivity index (χ0n) is 11.4. The van der Waals surface area contributed by atoms with E-state index >= 15 is 0 Å². The molecule has 1 aromatic carbocycles. The molecule has 1 heterocycles. The Morgan fingerprint density at radius 3 is 2.57 bits per heavy atom. The molecule has 0 aliphatic rings. The number of anilines is 1. The maximum absolute atomic E-state index is 10.5. The number of benzene rings is 1. The SMILES string of the molecule is COc1ccc(C(C)Nc2ncc([N+](=O)[O-])cn2)cc1Br. The first-order valence-electron chi connectivity index (χ1n) is 6.07. The highest BCUT2D eigenvalue weighted by Gasteiger charge is 2.11. The van der Waals surface area contributed by atoms with Crippen LogP contribution in [0.15, 0.2) is 35.1 Å². The molecule has 7 nitrogen and oxygen atoms in total. The van der Waals surface area contributed by atoms with Gasteiger partial charge in [-0.3, -0.25) is 10.1 Å². The van der Waals surface area contributed by atoms with Crippen LogP contribution in [0.1, 0.15) is 18.5 Å². The van der Waals surface area contributed by atoms with Crippen LogP contribution in [0.2, 0.25) is 0 Å². The number of nitrogens with zero attached hydrogens (tertiary/aromatic N) is 3. The maximum Gasteiger partial charge on any atom is 0.305 e. The van der Waals surface area contributed by atoms with E-state index in [4.69, 9.17) is 4.74 Å². The summed E-state index contributed by atoms with van der Waals surface area (Å²) in [5.74, 6) is 1.08. The van der Waals surface area contributed by atoms with Crippen molar-refractivity contribution in [1.82, 2.24) is 9.97 Å². The highest BCUT2D eigenvalue weighted by atomic mass is 79.9. The molecular formula is C13H13BrN4O3. The van der Waals surface area contributed by atoms with Crippen LogP contribution in [0.4, 0.5) is 11.6 Å². The predicted molar refractivity (Wildman–Crippen MR) is 81.4 cm³/mol. The molecule has 1 unspecified atom stereocenters. The quantitative estimate of drug-likeness (QED) is 0.655. The number of hydrogen-bond donors (Lipinski definition) is 1. The lowest BCUT2D eigenvalue weighted by molar-refractivity contribution is -0.385. The summed E-state index contributed by atoms with van der Waals surface area (Å²) >= 11 is 3.43. The number of nitro groups is 1. The average Bonchev–Trinajstić information content (AvgIpc) is 2.47. The van der Waals surface area contributed by atoms with Crippen molar-refractivity contribution in [3.63, 3.8) is 0 Å². The first-order valence-corrected chi connectivity index (χ1v) is 6.87. The van der Waals surface area contributed by atoms with Crippen LogP contribution in [-0.4, -0.2) is 22.0 Å². The molecule has 0 saturated heterocycles. The van der Waals surface area contributed by atoms with Crippen LogP contribution in [0.25, 0.3) is 0 Å². The van der Waals surface area contributed by atoms with Crippen LogP contribution >= 0.6 is 15.9 Å². The Kier molecular flexibility index (Phi) is 4.69. The van der Waals surface area contributed by atoms with Gasteiger partial charge in [-0.05, 0) is 40.5 Å². The summed E-state index contributed by atoms with van der Waals surface area (Å²) in [7, 11) is 1.60. The normalized spacial score (nSPS) is 11.8. The van der Waals surface area contributed by atoms with Crippen molar-refractivity contribution in [2.75, 3.05) is 12.4 Å². The van der Waals surface area contributed by atoms with Gasteiger partial charge in [-0.1, -0.05) is 6.07 Å². The average molecular weight is 353 g/mol. The second-order valence-electron chi connectivity index (χ2n) is 4.28. The number of nitrogens with one attached hydrogen (secondary N) is 1. The topological polar surface area (TPSA) is 90.2 Å². The van der Waals surface area contributed by atoms with Gasteiger partial charge >= 0.3 is 5.69 Å². The standard InChI is InChI=1S/C13H13BrN4O3/c1-8(9-3-4-12(21-2)11(14)5-9)17-13-15-6-10(7-16-13)18(19)20/h3-8H,1-2H3,(H,15,16,17). The predicted octanol–water partition coefficient (Wildman–Crippen LogP) is 3.33. The lowest BCUT2D eigenvalue weighted by Gasteiger charge is -2.15. The zero-order valence-corrected chi connectivity index (χ0v) is 13.0. The molecule has 0 radical (unpaired) electrons. The fourth-order valence-electron chi connectivity index (χ4n) is 1.72. The number of hydrogen-bond acceptors (Lipinski definition) is 6. The van der Waals surface area contributed by atoms with Crippen molar-refractivity contribution in [1.29, 1.82) is 0 Å². The minimum atomic E-state index is -0.534. The van der Waals surface area contributed by atoms with Crippen molar-refractivity contribution in [3.8, 4) is 5.75 Å². The molecule has 1 aromatic heterocycles. The Bertz CT molecular complexity index is 648. The number of ether oxygens (including phenoxy) is 1. The lowest BCUT2D eigenvalue weighted by Crippen LogP contribution is -2.09. The number of rotatable bonds is 5. The van der Waals surface area contributed by atoms with Gasteiger partial charge < -0.3 is 10.1 Å². The van der Waals surface area contributed by atoms with E-state index in [1.165, 1.54) is 12.4 Å². The second kappa shape index (κ2) is 6.49. The van der Waals surface area contributed by atoms with Gasteiger partial charge in [-0.15, -0.1) is 0 Å². The van der Waals surface area contributed by atoms with E-state index < -0.39 is 4.92 Å². The molecule has 8 heteroatoms. The van der Waals surface area contributed by atoms with Crippen molar-refractivity contribution in [2.45, 2.75) is 13.0 Å². The van der Waals surface area contributed by atoms with Crippen LogP contribution in [0.3, 0.4) is 0 Å². The third kappa shape index (κ3) is 3.66. The molecular weight excluding hydrogens is 340 g/mol. The van der Waals surface area contributed by atoms with Crippen LogP contribution in [0.5, 0.6) is 5.75 Å². The summed E-state index contributed by atoms with van der Waals surface area (Å²) in [6.07, 6.45) is 2.35. The van der Waals surface area contributed by atoms with Crippen molar-refractivity contribution in [2.24, 2.45) is 0 Å². The molecule has 2 rings (SSSR count). The molecule has 0 amide bonds. The van der Waals surface area contributed by atoms with Crippen molar-refractivity contribution >= 4 is 27.6 Å². The molecule has 21 heavy (non-hydrogen) atoms. The number of aromatic nitrogens is 2. The molecule has 0 aliphatic heterocycles. The van der Waals surface area contributed by atoms with Gasteiger partial charge in [-0.25, -0.2) is 9.97 Å². The minimum absolute atomic E-state index is 0.0614. The molecule has 0 saturated carbocycles. The van der Waals surface area contributed by atoms with E-state index in [1.54, 1.807) is 7.11 Å². The van der Waals surface area contributed by atoms with E-state index in [0.29, 0.717) is 5.95 Å². The van der Waals surface area contributed by atoms with Gasteiger partial charge in [0.25, 0.3) is 0 Å². The van der Waals surface area contributed by atoms with Crippen molar-refractivity contribution in [3.05, 3.63) is 50.7 Å². The first-order chi connectivity index (χ1) is 10.0. The summed E-state index contributed by atoms with van der Waals surface area (Å²) in [4.78, 5) is 17.9. The smallest absolute Gasteiger partial charge is 0.305 e. The zero-order chi connectivity index (χ0) is 15.4. The van der Waals surface area contributed by atoms with Crippen LogP contribution in [0, 0.1) is 10.1 Å². The Hall–Kier alpha value is -2.22. The Balaban J connectivity index is 2.12. The van der Waals surface area contributed by atoms with Gasteiger partial charge in [0.05, 0.1) is 22.5 Å². The third-order valence-electron chi connectivity index (χ3n) is 2.87. The van der Waals surface area contributed by atoms with Gasteiger partial charge in [0.15, 0.2) is 0 Å². The highest BCUT2D eigenvalue weighted by Crippen LogP contribution is 2.28. The molecule has 2 aromatic rings. The third-order valence-corrected chi connectivity index (χ3v) is 3.49. The molecule has 110 valence electrons. The Morgan fingerprint density at radius 1 is 1.38 bits per heavy atom. The molecule has 0 fully saturated rings. The Labute approximate surface area is 129 Å².